The van der Waals surface area contributed by atoms with Crippen LogP contribution in [0.5, 0.6) is 0 Å². The molecule has 0 saturated heterocycles. The van der Waals surface area contributed by atoms with Crippen LogP contribution in [-0.2, 0) is 23.2 Å². The van der Waals surface area contributed by atoms with Crippen molar-refractivity contribution in [2.45, 2.75) is 0 Å². The Hall–Kier alpha value is -0.620. The van der Waals surface area contributed by atoms with E-state index in [1.54, 1.807) is 0 Å². The number of hydrogen-bond acceptors (Lipinski definition) is 6. The van der Waals surface area contributed by atoms with Gasteiger partial charge in [0.15, 0.2) is 0 Å². The van der Waals surface area contributed by atoms with Crippen molar-refractivity contribution in [3.05, 3.63) is 0 Å². The van der Waals surface area contributed by atoms with Crippen molar-refractivity contribution in [2.24, 2.45) is 5.16 Å². The zero-order chi connectivity index (χ0) is 7.33. The molecule has 52 valence electrons. The van der Waals surface area contributed by atoms with Crippen molar-refractivity contribution in [1.29, 1.82) is 0 Å². The Morgan fingerprint density at radius 3 is 2.44 bits per heavy atom. The highest BCUT2D eigenvalue weighted by molar-refractivity contribution is 7.82. The van der Waals surface area contributed by atoms with Gasteiger partial charge in [0.1, 0.15) is 0 Å². The summed E-state index contributed by atoms with van der Waals surface area (Å²) >= 11 is 4.33. The summed E-state index contributed by atoms with van der Waals surface area (Å²) in [4.78, 5) is 9.19. The van der Waals surface area contributed by atoms with Gasteiger partial charge in [0.25, 0.3) is 6.08 Å². The standard InChI is InChI=1S/CClNO5S/c2-7-9(5,6)8-3-1-4. The fourth-order valence-corrected chi connectivity index (χ4v) is 0.286. The smallest absolute Gasteiger partial charge is 0.234 e. The maximum absolute atomic E-state index is 9.91. The minimum atomic E-state index is -4.35. The SMILES string of the molecule is O=C=NOS(=O)(=O)OCl. The summed E-state index contributed by atoms with van der Waals surface area (Å²) in [6.07, 6.45) is 0.793. The Labute approximate surface area is 55.5 Å². The average molecular weight is 174 g/mol. The Balaban J connectivity index is 4.05. The van der Waals surface area contributed by atoms with Gasteiger partial charge >= 0.3 is 10.4 Å². The van der Waals surface area contributed by atoms with Crippen LogP contribution in [0, 0.1) is 0 Å². The highest BCUT2D eigenvalue weighted by atomic mass is 35.5. The third kappa shape index (κ3) is 3.92. The van der Waals surface area contributed by atoms with E-state index in [1.807, 2.05) is 0 Å². The van der Waals surface area contributed by atoms with Crippen LogP contribution in [0.25, 0.3) is 0 Å². The quantitative estimate of drug-likeness (QED) is 0.332. The molecule has 0 amide bonds. The molecule has 0 fully saturated rings. The largest absolute Gasteiger partial charge is 0.486 e. The lowest BCUT2D eigenvalue weighted by molar-refractivity contribution is 0.291. The molecule has 0 rings (SSSR count). The lowest BCUT2D eigenvalue weighted by atomic mass is 11.7. The van der Waals surface area contributed by atoms with Gasteiger partial charge in [-0.1, -0.05) is 0 Å². The maximum atomic E-state index is 9.91. The molecular formula is CClNO5S. The number of hydrogen-bond donors (Lipinski definition) is 0. The van der Waals surface area contributed by atoms with Crippen molar-refractivity contribution in [3.63, 3.8) is 0 Å². The number of nitrogens with zero attached hydrogens (tertiary/aromatic N) is 1. The first-order valence-electron chi connectivity index (χ1n) is 1.43. The van der Waals surface area contributed by atoms with Crippen molar-refractivity contribution in [3.8, 4) is 0 Å². The van der Waals surface area contributed by atoms with E-state index in [0.29, 0.717) is 0 Å². The van der Waals surface area contributed by atoms with Crippen LogP contribution in [0.2, 0.25) is 0 Å². The molecule has 0 aliphatic carbocycles. The van der Waals surface area contributed by atoms with Crippen LogP contribution >= 0.6 is 11.9 Å². The molecular weight excluding hydrogens is 174 g/mol. The Morgan fingerprint density at radius 2 is 2.11 bits per heavy atom. The zero-order valence-corrected chi connectivity index (χ0v) is 5.35. The van der Waals surface area contributed by atoms with Crippen LogP contribution in [0.4, 0.5) is 0 Å². The van der Waals surface area contributed by atoms with Crippen molar-refractivity contribution >= 4 is 28.3 Å². The topological polar surface area (TPSA) is 82.0 Å². The molecule has 0 saturated carbocycles. The van der Waals surface area contributed by atoms with E-state index in [0.717, 1.165) is 6.08 Å². The second-order valence-corrected chi connectivity index (χ2v) is 2.20. The van der Waals surface area contributed by atoms with E-state index in [2.05, 4.69) is 25.0 Å². The van der Waals surface area contributed by atoms with Gasteiger partial charge in [-0.15, -0.1) is 3.74 Å². The normalized spacial score (nSPS) is 9.89. The van der Waals surface area contributed by atoms with Crippen LogP contribution in [0.3, 0.4) is 0 Å². The number of isocyanates is 1. The van der Waals surface area contributed by atoms with Gasteiger partial charge < -0.3 is 0 Å². The minimum Gasteiger partial charge on any atom is -0.234 e. The molecule has 9 heavy (non-hydrogen) atoms. The molecule has 0 aliphatic rings. The van der Waals surface area contributed by atoms with Crippen molar-refractivity contribution in [2.75, 3.05) is 0 Å². The third-order valence-corrected chi connectivity index (χ3v) is 1.12. The molecule has 0 aromatic carbocycles. The summed E-state index contributed by atoms with van der Waals surface area (Å²) in [5.41, 5.74) is 0. The van der Waals surface area contributed by atoms with E-state index in [-0.39, 0.29) is 0 Å². The van der Waals surface area contributed by atoms with E-state index in [1.165, 1.54) is 0 Å². The first-order valence-corrected chi connectivity index (χ1v) is 3.07. The second-order valence-electron chi connectivity index (χ2n) is 0.728. The monoisotopic (exact) mass is 173 g/mol. The molecule has 0 N–H and O–H groups in total. The summed E-state index contributed by atoms with van der Waals surface area (Å²) in [7, 11) is -4.35. The van der Waals surface area contributed by atoms with E-state index >= 15 is 0 Å². The summed E-state index contributed by atoms with van der Waals surface area (Å²) < 4.78 is 26.4. The molecule has 0 aliphatic heterocycles. The lowest BCUT2D eigenvalue weighted by Gasteiger charge is -1.87. The first-order chi connectivity index (χ1) is 4.12. The van der Waals surface area contributed by atoms with E-state index in [4.69, 9.17) is 0 Å². The van der Waals surface area contributed by atoms with Gasteiger partial charge in [0.2, 0.25) is 0 Å². The fourth-order valence-electron chi connectivity index (χ4n) is 0.0724. The molecule has 0 atom stereocenters. The highest BCUT2D eigenvalue weighted by Gasteiger charge is 2.09. The van der Waals surface area contributed by atoms with E-state index < -0.39 is 10.4 Å². The fraction of sp³-hybridized carbons (Fsp3) is 0. The Bertz CT molecular complexity index is 213. The molecule has 0 spiro atoms. The highest BCUT2D eigenvalue weighted by Crippen LogP contribution is 1.97. The Kier molecular flexibility index (Phi) is 3.18. The van der Waals surface area contributed by atoms with Gasteiger partial charge in [-0.3, -0.25) is 0 Å². The zero-order valence-electron chi connectivity index (χ0n) is 3.77. The second kappa shape index (κ2) is 3.41. The first kappa shape index (κ1) is 8.38. The number of carbonyl (C=O) groups excluding carboxylic acids is 1. The molecule has 0 bridgehead atoms. The van der Waals surface area contributed by atoms with Crippen molar-refractivity contribution < 1.29 is 21.2 Å². The van der Waals surface area contributed by atoms with Crippen LogP contribution in [0.1, 0.15) is 0 Å². The minimum absolute atomic E-state index is 0.793. The molecule has 8 heteroatoms. The molecule has 0 aromatic rings. The summed E-state index contributed by atoms with van der Waals surface area (Å²) in [5, 5.41) is 2.21. The summed E-state index contributed by atoms with van der Waals surface area (Å²) in [5.74, 6) is 0. The van der Waals surface area contributed by atoms with Gasteiger partial charge in [-0.05, 0) is 0 Å². The predicted molar refractivity (Wildman–Crippen MR) is 25.1 cm³/mol. The van der Waals surface area contributed by atoms with Crippen molar-refractivity contribution in [1.82, 2.24) is 0 Å². The van der Waals surface area contributed by atoms with Crippen LogP contribution in [0.15, 0.2) is 5.16 Å². The molecule has 0 heterocycles. The van der Waals surface area contributed by atoms with Gasteiger partial charge in [0, 0.05) is 5.16 Å². The molecule has 0 unspecified atom stereocenters. The molecule has 0 radical (unpaired) electrons. The Morgan fingerprint density at radius 1 is 1.56 bits per heavy atom. The van der Waals surface area contributed by atoms with Crippen LogP contribution in [-0.4, -0.2) is 14.5 Å². The van der Waals surface area contributed by atoms with Gasteiger partial charge in [0.05, 0.1) is 11.9 Å². The molecule has 0 aromatic heterocycles. The molecule has 6 nitrogen and oxygen atoms in total. The number of halogens is 1. The maximum Gasteiger partial charge on any atom is 0.486 e. The van der Waals surface area contributed by atoms with E-state index in [9.17, 15) is 13.2 Å². The van der Waals surface area contributed by atoms with Crippen LogP contribution < -0.4 is 0 Å². The van der Waals surface area contributed by atoms with Gasteiger partial charge in [-0.25, -0.2) is 9.08 Å². The number of rotatable bonds is 3. The van der Waals surface area contributed by atoms with Gasteiger partial charge in [-0.2, -0.15) is 8.42 Å². The average Bonchev–Trinajstić information content (AvgIpc) is 1.84. The third-order valence-electron chi connectivity index (χ3n) is 0.243. The lowest BCUT2D eigenvalue weighted by Crippen LogP contribution is -1.98. The summed E-state index contributed by atoms with van der Waals surface area (Å²) in [6.45, 7) is 0. The predicted octanol–water partition coefficient (Wildman–Crippen LogP) is -0.331. The summed E-state index contributed by atoms with van der Waals surface area (Å²) in [6, 6.07) is 0.